The predicted octanol–water partition coefficient (Wildman–Crippen LogP) is -3.93. The first kappa shape index (κ1) is 27.6. The van der Waals surface area contributed by atoms with Gasteiger partial charge in [0.2, 0.25) is 23.6 Å². The number of nitrogens with two attached hydrogens (primary N) is 4. The number of rotatable bonds is 14. The highest BCUT2D eigenvalue weighted by Crippen LogP contribution is 2.05. The molecule has 3 atom stereocenters. The van der Waals surface area contributed by atoms with Crippen molar-refractivity contribution in [1.82, 2.24) is 16.0 Å². The van der Waals surface area contributed by atoms with Gasteiger partial charge in [-0.15, -0.1) is 0 Å². The van der Waals surface area contributed by atoms with Gasteiger partial charge < -0.3 is 44.0 Å². The molecule has 0 spiro atoms. The molecule has 31 heavy (non-hydrogen) atoms. The fraction of sp³-hybridized carbons (Fsp3) is 0.647. The van der Waals surface area contributed by atoms with Gasteiger partial charge in [-0.3, -0.25) is 24.2 Å². The molecular weight excluding hydrogens is 412 g/mol. The summed E-state index contributed by atoms with van der Waals surface area (Å²) in [5, 5.41) is 16.3. The minimum Gasteiger partial charge on any atom is -0.480 e. The van der Waals surface area contributed by atoms with Crippen molar-refractivity contribution in [3.8, 4) is 0 Å². The average molecular weight is 444 g/mol. The van der Waals surface area contributed by atoms with Crippen LogP contribution in [0.1, 0.15) is 33.1 Å². The maximum Gasteiger partial charge on any atom is 0.326 e. The Morgan fingerprint density at radius 2 is 1.52 bits per heavy atom. The lowest BCUT2D eigenvalue weighted by atomic mass is 10.0. The first-order valence-corrected chi connectivity index (χ1v) is 9.55. The van der Waals surface area contributed by atoms with Gasteiger partial charge in [0.1, 0.15) is 18.1 Å². The van der Waals surface area contributed by atoms with Crippen molar-refractivity contribution in [3.05, 3.63) is 0 Å². The lowest BCUT2D eigenvalue weighted by Crippen LogP contribution is -2.58. The Morgan fingerprint density at radius 3 is 1.97 bits per heavy atom. The zero-order valence-electron chi connectivity index (χ0n) is 17.6. The molecule has 3 unspecified atom stereocenters. The van der Waals surface area contributed by atoms with Crippen molar-refractivity contribution in [1.29, 1.82) is 0 Å². The van der Waals surface area contributed by atoms with Gasteiger partial charge in [-0.2, -0.15) is 0 Å². The molecule has 0 heterocycles. The summed E-state index contributed by atoms with van der Waals surface area (Å²) in [6, 6.07) is -3.79. The first-order valence-electron chi connectivity index (χ1n) is 9.55. The summed E-state index contributed by atoms with van der Waals surface area (Å²) in [7, 11) is 0. The van der Waals surface area contributed by atoms with E-state index in [0.29, 0.717) is 0 Å². The average Bonchev–Trinajstić information content (AvgIpc) is 2.66. The number of carboxylic acid groups (broad SMARTS) is 1. The van der Waals surface area contributed by atoms with E-state index in [0.717, 1.165) is 0 Å². The fourth-order valence-corrected chi connectivity index (χ4v) is 2.47. The first-order chi connectivity index (χ1) is 14.4. The summed E-state index contributed by atoms with van der Waals surface area (Å²) >= 11 is 0. The lowest BCUT2D eigenvalue weighted by molar-refractivity contribution is -0.142. The topological polar surface area (TPSA) is 258 Å². The molecule has 0 aromatic carbocycles. The maximum atomic E-state index is 12.6. The molecule has 4 amide bonds. The number of aliphatic carboxylic acids is 1. The van der Waals surface area contributed by atoms with Crippen molar-refractivity contribution in [3.63, 3.8) is 0 Å². The molecule has 0 aromatic heterocycles. The molecule has 0 saturated heterocycles. The Morgan fingerprint density at radius 1 is 0.935 bits per heavy atom. The van der Waals surface area contributed by atoms with Crippen LogP contribution in [0.5, 0.6) is 0 Å². The molecule has 0 rings (SSSR count). The molecule has 0 fully saturated rings. The van der Waals surface area contributed by atoms with Crippen LogP contribution in [0.15, 0.2) is 4.99 Å². The van der Waals surface area contributed by atoms with Crippen molar-refractivity contribution < 1.29 is 29.1 Å². The van der Waals surface area contributed by atoms with Gasteiger partial charge >= 0.3 is 5.97 Å². The van der Waals surface area contributed by atoms with E-state index < -0.39 is 54.1 Å². The Hall–Kier alpha value is -3.42. The number of carboxylic acids is 1. The van der Waals surface area contributed by atoms with Crippen LogP contribution in [0.2, 0.25) is 0 Å². The lowest BCUT2D eigenvalue weighted by Gasteiger charge is -2.25. The molecule has 0 aliphatic heterocycles. The van der Waals surface area contributed by atoms with E-state index in [9.17, 15) is 29.1 Å². The van der Waals surface area contributed by atoms with Crippen molar-refractivity contribution in [2.75, 3.05) is 13.1 Å². The van der Waals surface area contributed by atoms with E-state index in [1.807, 2.05) is 0 Å². The number of hydrogen-bond acceptors (Lipinski definition) is 7. The molecule has 0 aliphatic carbocycles. The van der Waals surface area contributed by atoms with E-state index in [1.54, 1.807) is 13.8 Å². The molecule has 0 saturated carbocycles. The third-order valence-corrected chi connectivity index (χ3v) is 4.05. The van der Waals surface area contributed by atoms with Gasteiger partial charge in [0, 0.05) is 6.54 Å². The van der Waals surface area contributed by atoms with Gasteiger partial charge in [0.05, 0.1) is 13.0 Å². The SMILES string of the molecule is CC(C)C(NC(=O)CN)C(=O)NC(CC(N)=O)C(=O)NC(CCCN=C(N)N)C(=O)O. The number of primary amides is 1. The Kier molecular flexibility index (Phi) is 12.2. The number of aliphatic imine (C=N–C) groups is 1. The Balaban J connectivity index is 5.28. The van der Waals surface area contributed by atoms with Gasteiger partial charge in [0.15, 0.2) is 5.96 Å². The van der Waals surface area contributed by atoms with Crippen molar-refractivity contribution in [2.45, 2.75) is 51.2 Å². The second-order valence-electron chi connectivity index (χ2n) is 7.07. The molecule has 14 nitrogen and oxygen atoms in total. The van der Waals surface area contributed by atoms with Gasteiger partial charge in [-0.05, 0) is 18.8 Å². The number of nitrogens with zero attached hydrogens (tertiary/aromatic N) is 1. The van der Waals surface area contributed by atoms with Crippen LogP contribution in [0.4, 0.5) is 0 Å². The zero-order chi connectivity index (χ0) is 24.1. The maximum absolute atomic E-state index is 12.6. The predicted molar refractivity (Wildman–Crippen MR) is 111 cm³/mol. The molecule has 12 N–H and O–H groups in total. The highest BCUT2D eigenvalue weighted by atomic mass is 16.4. The number of amides is 4. The summed E-state index contributed by atoms with van der Waals surface area (Å²) in [5.74, 6) is -5.00. The third kappa shape index (κ3) is 11.4. The summed E-state index contributed by atoms with van der Waals surface area (Å²) in [5.41, 5.74) is 20.8. The monoisotopic (exact) mass is 444 g/mol. The van der Waals surface area contributed by atoms with Crippen LogP contribution in [-0.2, 0) is 24.0 Å². The highest BCUT2D eigenvalue weighted by Gasteiger charge is 2.31. The molecule has 0 radical (unpaired) electrons. The normalized spacial score (nSPS) is 13.4. The summed E-state index contributed by atoms with van der Waals surface area (Å²) in [6.07, 6.45) is -0.327. The number of carbonyl (C=O) groups is 5. The number of carbonyl (C=O) groups excluding carboxylic acids is 4. The summed E-state index contributed by atoms with van der Waals surface area (Å²) in [6.45, 7) is 3.12. The Bertz CT molecular complexity index is 692. The van der Waals surface area contributed by atoms with E-state index in [2.05, 4.69) is 20.9 Å². The van der Waals surface area contributed by atoms with Crippen LogP contribution in [0.3, 0.4) is 0 Å². The third-order valence-electron chi connectivity index (χ3n) is 4.05. The van der Waals surface area contributed by atoms with Gasteiger partial charge in [-0.25, -0.2) is 4.79 Å². The number of nitrogens with one attached hydrogen (secondary N) is 3. The zero-order valence-corrected chi connectivity index (χ0v) is 17.6. The summed E-state index contributed by atoms with van der Waals surface area (Å²) < 4.78 is 0. The molecule has 0 aromatic rings. The van der Waals surface area contributed by atoms with E-state index in [1.165, 1.54) is 0 Å². The molecular formula is C17H32N8O6. The number of guanidine groups is 1. The van der Waals surface area contributed by atoms with Crippen LogP contribution in [0, 0.1) is 5.92 Å². The molecule has 0 aliphatic rings. The Labute approximate surface area is 179 Å². The molecule has 14 heteroatoms. The van der Waals surface area contributed by atoms with E-state index in [-0.39, 0.29) is 37.8 Å². The highest BCUT2D eigenvalue weighted by molar-refractivity contribution is 5.95. The van der Waals surface area contributed by atoms with E-state index >= 15 is 0 Å². The number of hydrogen-bond donors (Lipinski definition) is 8. The van der Waals surface area contributed by atoms with Crippen molar-refractivity contribution in [2.24, 2.45) is 33.8 Å². The minimum absolute atomic E-state index is 0.00370. The standard InChI is InChI=1S/C17H32N8O6/c1-8(2)13(25-12(27)7-18)15(29)24-10(6-11(19)26)14(28)23-9(16(30)31)4-3-5-22-17(20)21/h8-10,13H,3-7,18H2,1-2H3,(H2,19,26)(H,23,28)(H,24,29)(H,25,27)(H,30,31)(H4,20,21,22). The van der Waals surface area contributed by atoms with Crippen LogP contribution in [-0.4, -0.2) is 71.9 Å². The second-order valence-corrected chi connectivity index (χ2v) is 7.07. The van der Waals surface area contributed by atoms with Gasteiger partial charge in [-0.1, -0.05) is 13.8 Å². The largest absolute Gasteiger partial charge is 0.480 e. The van der Waals surface area contributed by atoms with Gasteiger partial charge in [0.25, 0.3) is 0 Å². The van der Waals surface area contributed by atoms with Crippen molar-refractivity contribution >= 4 is 35.6 Å². The second kappa shape index (κ2) is 13.7. The smallest absolute Gasteiger partial charge is 0.326 e. The molecule has 176 valence electrons. The van der Waals surface area contributed by atoms with Crippen LogP contribution in [0.25, 0.3) is 0 Å². The van der Waals surface area contributed by atoms with Crippen LogP contribution >= 0.6 is 0 Å². The van der Waals surface area contributed by atoms with E-state index in [4.69, 9.17) is 22.9 Å². The quantitative estimate of drug-likeness (QED) is 0.0737. The fourth-order valence-electron chi connectivity index (χ4n) is 2.47. The molecule has 0 bridgehead atoms. The van der Waals surface area contributed by atoms with Crippen LogP contribution < -0.4 is 38.9 Å². The minimum atomic E-state index is -1.44. The summed E-state index contributed by atoms with van der Waals surface area (Å²) in [4.78, 5) is 63.2.